The molecule has 0 radical (unpaired) electrons. The molecule has 0 aliphatic rings. The smallest absolute Gasteiger partial charge is 0.296 e. The largest absolute Gasteiger partial charge is 0.424 e. The fraction of sp³-hybridized carbons (Fsp3) is 0.429. The highest BCUT2D eigenvalue weighted by Gasteiger charge is 2.20. The van der Waals surface area contributed by atoms with Crippen molar-refractivity contribution in [1.82, 2.24) is 10.3 Å². The van der Waals surface area contributed by atoms with Gasteiger partial charge in [-0.1, -0.05) is 0 Å². The molecule has 2 rings (SSSR count). The first-order valence-electron chi connectivity index (χ1n) is 6.49. The van der Waals surface area contributed by atoms with Crippen LogP contribution in [0.25, 0.3) is 11.1 Å². The molecule has 4 N–H and O–H groups in total. The molecule has 2 aromatic rings. The number of benzene rings is 1. The van der Waals surface area contributed by atoms with Crippen LogP contribution in [-0.2, 0) is 4.79 Å². The Balaban J connectivity index is 2.09. The maximum atomic E-state index is 12.0. The van der Waals surface area contributed by atoms with Gasteiger partial charge in [-0.15, -0.1) is 0 Å². The minimum absolute atomic E-state index is 0.112. The summed E-state index contributed by atoms with van der Waals surface area (Å²) in [6, 6.07) is 5.08. The van der Waals surface area contributed by atoms with Crippen molar-refractivity contribution in [3.05, 3.63) is 18.2 Å². The van der Waals surface area contributed by atoms with Crippen LogP contribution in [0.5, 0.6) is 0 Å². The van der Waals surface area contributed by atoms with Crippen LogP contribution in [0.2, 0.25) is 0 Å². The first-order valence-corrected chi connectivity index (χ1v) is 6.49. The SMILES string of the molecule is CC(Nc1nc2cc(N)ccc2o1)C(=O)NC(C)(C)C. The van der Waals surface area contributed by atoms with Gasteiger partial charge in [0.1, 0.15) is 11.6 Å². The van der Waals surface area contributed by atoms with Gasteiger partial charge in [0.15, 0.2) is 5.58 Å². The van der Waals surface area contributed by atoms with Crippen LogP contribution >= 0.6 is 0 Å². The molecule has 1 aromatic carbocycles. The van der Waals surface area contributed by atoms with Crippen LogP contribution in [0, 0.1) is 0 Å². The zero-order valence-electron chi connectivity index (χ0n) is 12.2. The Morgan fingerprint density at radius 2 is 2.10 bits per heavy atom. The molecule has 1 heterocycles. The van der Waals surface area contributed by atoms with Gasteiger partial charge in [-0.05, 0) is 45.9 Å². The molecule has 108 valence electrons. The lowest BCUT2D eigenvalue weighted by molar-refractivity contribution is -0.122. The van der Waals surface area contributed by atoms with Crippen LogP contribution in [0.15, 0.2) is 22.6 Å². The highest BCUT2D eigenvalue weighted by atomic mass is 16.4. The van der Waals surface area contributed by atoms with Crippen molar-refractivity contribution in [2.24, 2.45) is 0 Å². The number of nitrogens with two attached hydrogens (primary N) is 1. The monoisotopic (exact) mass is 276 g/mol. The van der Waals surface area contributed by atoms with Gasteiger partial charge in [-0.3, -0.25) is 4.79 Å². The summed E-state index contributed by atoms with van der Waals surface area (Å²) in [5, 5.41) is 5.83. The maximum absolute atomic E-state index is 12.0. The van der Waals surface area contributed by atoms with Gasteiger partial charge < -0.3 is 20.8 Å². The summed E-state index contributed by atoms with van der Waals surface area (Å²) in [6.07, 6.45) is 0. The predicted molar refractivity (Wildman–Crippen MR) is 79.4 cm³/mol. The summed E-state index contributed by atoms with van der Waals surface area (Å²) in [5.74, 6) is -0.112. The molecule has 1 amide bonds. The summed E-state index contributed by atoms with van der Waals surface area (Å²) in [7, 11) is 0. The van der Waals surface area contributed by atoms with Crippen molar-refractivity contribution in [3.63, 3.8) is 0 Å². The molecule has 0 aliphatic carbocycles. The highest BCUT2D eigenvalue weighted by Crippen LogP contribution is 2.21. The number of nitrogen functional groups attached to an aromatic ring is 1. The van der Waals surface area contributed by atoms with Gasteiger partial charge >= 0.3 is 0 Å². The molecule has 0 bridgehead atoms. The Bertz CT molecular complexity index is 628. The number of carbonyl (C=O) groups is 1. The zero-order valence-corrected chi connectivity index (χ0v) is 12.2. The Morgan fingerprint density at radius 3 is 2.75 bits per heavy atom. The third-order valence-corrected chi connectivity index (χ3v) is 2.64. The van der Waals surface area contributed by atoms with Gasteiger partial charge in [0.05, 0.1) is 0 Å². The molecule has 1 atom stereocenters. The normalized spacial score (nSPS) is 13.2. The van der Waals surface area contributed by atoms with Crippen molar-refractivity contribution < 1.29 is 9.21 Å². The zero-order chi connectivity index (χ0) is 14.9. The second-order valence-electron chi connectivity index (χ2n) is 5.85. The van der Waals surface area contributed by atoms with E-state index in [2.05, 4.69) is 15.6 Å². The molecule has 6 nitrogen and oxygen atoms in total. The van der Waals surface area contributed by atoms with E-state index in [4.69, 9.17) is 10.2 Å². The minimum atomic E-state index is -0.445. The number of fused-ring (bicyclic) bond motifs is 1. The van der Waals surface area contributed by atoms with Gasteiger partial charge in [0.2, 0.25) is 5.91 Å². The number of nitrogens with one attached hydrogen (secondary N) is 2. The summed E-state index contributed by atoms with van der Waals surface area (Å²) >= 11 is 0. The number of carbonyl (C=O) groups excluding carboxylic acids is 1. The highest BCUT2D eigenvalue weighted by molar-refractivity contribution is 5.85. The number of rotatable bonds is 3. The number of aromatic nitrogens is 1. The molecule has 1 aromatic heterocycles. The molecule has 6 heteroatoms. The molecule has 1 unspecified atom stereocenters. The molecular weight excluding hydrogens is 256 g/mol. The number of hydrogen-bond donors (Lipinski definition) is 3. The molecule has 0 saturated heterocycles. The van der Waals surface area contributed by atoms with Crippen LogP contribution in [0.1, 0.15) is 27.7 Å². The molecule has 20 heavy (non-hydrogen) atoms. The fourth-order valence-corrected chi connectivity index (χ4v) is 1.73. The Kier molecular flexibility index (Phi) is 3.57. The van der Waals surface area contributed by atoms with Crippen molar-refractivity contribution in [2.45, 2.75) is 39.3 Å². The minimum Gasteiger partial charge on any atom is -0.424 e. The van der Waals surface area contributed by atoms with Gasteiger partial charge in [0.25, 0.3) is 6.01 Å². The van der Waals surface area contributed by atoms with Gasteiger partial charge in [-0.2, -0.15) is 4.98 Å². The second kappa shape index (κ2) is 5.03. The van der Waals surface area contributed by atoms with Crippen molar-refractivity contribution in [3.8, 4) is 0 Å². The van der Waals surface area contributed by atoms with Crippen LogP contribution in [0.3, 0.4) is 0 Å². The summed E-state index contributed by atoms with van der Waals surface area (Å²) in [4.78, 5) is 16.2. The van der Waals surface area contributed by atoms with Crippen LogP contribution in [0.4, 0.5) is 11.7 Å². The van der Waals surface area contributed by atoms with E-state index in [1.165, 1.54) is 0 Å². The van der Waals surface area contributed by atoms with E-state index in [0.29, 0.717) is 22.8 Å². The third-order valence-electron chi connectivity index (χ3n) is 2.64. The topological polar surface area (TPSA) is 93.2 Å². The number of hydrogen-bond acceptors (Lipinski definition) is 5. The average molecular weight is 276 g/mol. The molecule has 0 saturated carbocycles. The van der Waals surface area contributed by atoms with E-state index in [1.807, 2.05) is 20.8 Å². The van der Waals surface area contributed by atoms with E-state index in [9.17, 15) is 4.79 Å². The van der Waals surface area contributed by atoms with Crippen LogP contribution in [-0.4, -0.2) is 22.5 Å². The first-order chi connectivity index (χ1) is 9.24. The summed E-state index contributed by atoms with van der Waals surface area (Å²) in [6.45, 7) is 7.55. The van der Waals surface area contributed by atoms with E-state index < -0.39 is 6.04 Å². The predicted octanol–water partition coefficient (Wildman–Crippen LogP) is 2.13. The second-order valence-corrected chi connectivity index (χ2v) is 5.85. The lowest BCUT2D eigenvalue weighted by Crippen LogP contribution is -2.47. The Labute approximate surface area is 117 Å². The third kappa shape index (κ3) is 3.40. The maximum Gasteiger partial charge on any atom is 0.296 e. The molecular formula is C14H20N4O2. The number of anilines is 2. The Hall–Kier alpha value is -2.24. The molecule has 0 aliphatic heterocycles. The van der Waals surface area contributed by atoms with Crippen molar-refractivity contribution in [1.29, 1.82) is 0 Å². The lowest BCUT2D eigenvalue weighted by atomic mass is 10.1. The van der Waals surface area contributed by atoms with E-state index in [0.717, 1.165) is 0 Å². The number of oxazole rings is 1. The fourth-order valence-electron chi connectivity index (χ4n) is 1.73. The Morgan fingerprint density at radius 1 is 1.40 bits per heavy atom. The van der Waals surface area contributed by atoms with Crippen molar-refractivity contribution >= 4 is 28.7 Å². The first kappa shape index (κ1) is 14.2. The summed E-state index contributed by atoms with van der Waals surface area (Å²) < 4.78 is 5.52. The molecule has 0 spiro atoms. The summed E-state index contributed by atoms with van der Waals surface area (Å²) in [5.41, 5.74) is 7.32. The van der Waals surface area contributed by atoms with E-state index in [1.54, 1.807) is 25.1 Å². The van der Waals surface area contributed by atoms with E-state index in [-0.39, 0.29) is 11.4 Å². The quantitative estimate of drug-likeness (QED) is 0.747. The standard InChI is InChI=1S/C14H20N4O2/c1-8(12(19)18-14(2,3)4)16-13-17-10-7-9(15)5-6-11(10)20-13/h5-8H,15H2,1-4H3,(H,16,17)(H,18,19). The average Bonchev–Trinajstić information content (AvgIpc) is 2.67. The van der Waals surface area contributed by atoms with Gasteiger partial charge in [-0.25, -0.2) is 0 Å². The number of nitrogens with zero attached hydrogens (tertiary/aromatic N) is 1. The van der Waals surface area contributed by atoms with Gasteiger partial charge in [0, 0.05) is 11.2 Å². The van der Waals surface area contributed by atoms with Crippen LogP contribution < -0.4 is 16.4 Å². The lowest BCUT2D eigenvalue weighted by Gasteiger charge is -2.23. The van der Waals surface area contributed by atoms with Crippen molar-refractivity contribution in [2.75, 3.05) is 11.1 Å². The number of amides is 1. The van der Waals surface area contributed by atoms with E-state index >= 15 is 0 Å². The molecule has 0 fully saturated rings.